The van der Waals surface area contributed by atoms with Crippen molar-refractivity contribution in [3.8, 4) is 0 Å². The van der Waals surface area contributed by atoms with Crippen molar-refractivity contribution in [3.05, 3.63) is 18.0 Å². The lowest BCUT2D eigenvalue weighted by Gasteiger charge is -2.26. The highest BCUT2D eigenvalue weighted by atomic mass is 16.6. The maximum atomic E-state index is 6.01. The molecule has 2 heterocycles. The van der Waals surface area contributed by atoms with E-state index in [4.69, 9.17) is 4.74 Å². The number of aromatic nitrogens is 2. The van der Waals surface area contributed by atoms with Crippen LogP contribution in [0.3, 0.4) is 0 Å². The van der Waals surface area contributed by atoms with Crippen molar-refractivity contribution in [2.75, 3.05) is 0 Å². The highest BCUT2D eigenvalue weighted by Crippen LogP contribution is 2.58. The Bertz CT molecular complexity index is 387. The predicted molar refractivity (Wildman–Crippen MR) is 57.3 cm³/mol. The number of rotatable bonds is 1. The first kappa shape index (κ1) is 9.40. The van der Waals surface area contributed by atoms with Gasteiger partial charge in [0.2, 0.25) is 0 Å². The van der Waals surface area contributed by atoms with Crippen molar-refractivity contribution in [1.29, 1.82) is 0 Å². The molecular formula is C12H18N2O. The zero-order valence-corrected chi connectivity index (χ0v) is 9.60. The van der Waals surface area contributed by atoms with Crippen LogP contribution in [0, 0.1) is 11.8 Å². The molecular weight excluding hydrogens is 188 g/mol. The number of aryl methyl sites for hydroxylation is 1. The summed E-state index contributed by atoms with van der Waals surface area (Å²) in [5, 5.41) is 4.25. The normalized spacial score (nSPS) is 43.8. The monoisotopic (exact) mass is 206 g/mol. The van der Waals surface area contributed by atoms with E-state index in [-0.39, 0.29) is 5.60 Å². The van der Waals surface area contributed by atoms with Crippen LogP contribution >= 0.6 is 0 Å². The number of fused-ring (bicyclic) bond motifs is 1. The molecule has 0 unspecified atom stereocenters. The summed E-state index contributed by atoms with van der Waals surface area (Å²) in [4.78, 5) is 0. The van der Waals surface area contributed by atoms with Crippen molar-refractivity contribution < 1.29 is 4.74 Å². The van der Waals surface area contributed by atoms with Gasteiger partial charge in [-0.05, 0) is 30.7 Å². The van der Waals surface area contributed by atoms with Crippen LogP contribution in [-0.4, -0.2) is 15.9 Å². The zero-order valence-electron chi connectivity index (χ0n) is 9.60. The van der Waals surface area contributed by atoms with Gasteiger partial charge in [-0.25, -0.2) is 0 Å². The Morgan fingerprint density at radius 3 is 3.00 bits per heavy atom. The Kier molecular flexibility index (Phi) is 1.78. The summed E-state index contributed by atoms with van der Waals surface area (Å²) in [5.41, 5.74) is 1.26. The van der Waals surface area contributed by atoms with Crippen LogP contribution in [0.1, 0.15) is 32.4 Å². The molecule has 1 aromatic rings. The molecule has 4 atom stereocenters. The summed E-state index contributed by atoms with van der Waals surface area (Å²) in [6.07, 6.45) is 4.75. The number of hydrogen-bond donors (Lipinski definition) is 0. The van der Waals surface area contributed by atoms with Crippen molar-refractivity contribution >= 4 is 0 Å². The molecule has 3 nitrogen and oxygen atoms in total. The molecule has 0 radical (unpaired) electrons. The standard InChI is InChI=1S/C12H18N2O/c1-8-6-9(2)11-12(7-8,15-11)10-4-5-13-14(10)3/h4-5,8-9,11H,6-7H2,1-3H3/t8-,9+,11-,12+/m1/s1. The SMILES string of the molecule is C[C@@H]1C[C@H](C)[C@H]2O[C@]2(c2ccnn2C)C1. The molecule has 2 aliphatic rings. The zero-order chi connectivity index (χ0) is 10.6. The van der Waals surface area contributed by atoms with E-state index in [0.717, 1.165) is 12.3 Å². The lowest BCUT2D eigenvalue weighted by Crippen LogP contribution is -2.29. The first-order valence-corrected chi connectivity index (χ1v) is 5.80. The van der Waals surface area contributed by atoms with Crippen LogP contribution in [0.5, 0.6) is 0 Å². The molecule has 1 aromatic heterocycles. The topological polar surface area (TPSA) is 30.4 Å². The highest BCUT2D eigenvalue weighted by molar-refractivity contribution is 5.24. The Balaban J connectivity index is 1.97. The van der Waals surface area contributed by atoms with Gasteiger partial charge in [-0.15, -0.1) is 0 Å². The first-order valence-electron chi connectivity index (χ1n) is 5.80. The third-order valence-electron chi connectivity index (χ3n) is 3.94. The maximum Gasteiger partial charge on any atom is 0.137 e. The summed E-state index contributed by atoms with van der Waals surface area (Å²) < 4.78 is 7.98. The van der Waals surface area contributed by atoms with Gasteiger partial charge in [-0.3, -0.25) is 4.68 Å². The average molecular weight is 206 g/mol. The molecule has 0 N–H and O–H groups in total. The number of nitrogens with zero attached hydrogens (tertiary/aromatic N) is 2. The summed E-state index contributed by atoms with van der Waals surface area (Å²) in [7, 11) is 2.01. The smallest absolute Gasteiger partial charge is 0.137 e. The molecule has 1 saturated carbocycles. The largest absolute Gasteiger partial charge is 0.359 e. The van der Waals surface area contributed by atoms with Crippen LogP contribution in [0.25, 0.3) is 0 Å². The summed E-state index contributed by atoms with van der Waals surface area (Å²) in [6, 6.07) is 2.10. The summed E-state index contributed by atoms with van der Waals surface area (Å²) in [5.74, 6) is 1.44. The Morgan fingerprint density at radius 2 is 2.33 bits per heavy atom. The molecule has 1 aliphatic heterocycles. The Hall–Kier alpha value is -0.830. The summed E-state index contributed by atoms with van der Waals surface area (Å²) in [6.45, 7) is 4.63. The fourth-order valence-electron chi connectivity index (χ4n) is 3.39. The quantitative estimate of drug-likeness (QED) is 0.659. The fraction of sp³-hybridized carbons (Fsp3) is 0.750. The van der Waals surface area contributed by atoms with Gasteiger partial charge in [0, 0.05) is 13.2 Å². The molecule has 82 valence electrons. The minimum absolute atomic E-state index is 0.00231. The van der Waals surface area contributed by atoms with E-state index >= 15 is 0 Å². The van der Waals surface area contributed by atoms with Crippen LogP contribution in [0.2, 0.25) is 0 Å². The van der Waals surface area contributed by atoms with Gasteiger partial charge < -0.3 is 4.74 Å². The van der Waals surface area contributed by atoms with E-state index in [1.54, 1.807) is 0 Å². The van der Waals surface area contributed by atoms with E-state index < -0.39 is 0 Å². The maximum absolute atomic E-state index is 6.01. The van der Waals surface area contributed by atoms with Gasteiger partial charge in [0.25, 0.3) is 0 Å². The van der Waals surface area contributed by atoms with E-state index in [0.29, 0.717) is 12.0 Å². The summed E-state index contributed by atoms with van der Waals surface area (Å²) >= 11 is 0. The van der Waals surface area contributed by atoms with Gasteiger partial charge in [-0.2, -0.15) is 5.10 Å². The van der Waals surface area contributed by atoms with Crippen LogP contribution in [0.15, 0.2) is 12.3 Å². The molecule has 3 heteroatoms. The molecule has 3 rings (SSSR count). The fourth-order valence-corrected chi connectivity index (χ4v) is 3.39. The van der Waals surface area contributed by atoms with E-state index in [1.807, 2.05) is 17.9 Å². The van der Waals surface area contributed by atoms with E-state index in [9.17, 15) is 0 Å². The molecule has 1 aliphatic carbocycles. The molecule has 2 fully saturated rings. The van der Waals surface area contributed by atoms with Gasteiger partial charge >= 0.3 is 0 Å². The highest BCUT2D eigenvalue weighted by Gasteiger charge is 2.63. The second kappa shape index (κ2) is 2.85. The van der Waals surface area contributed by atoms with Crippen LogP contribution < -0.4 is 0 Å². The van der Waals surface area contributed by atoms with Gasteiger partial charge in [0.15, 0.2) is 0 Å². The molecule has 0 aromatic carbocycles. The second-order valence-corrected chi connectivity index (χ2v) is 5.29. The van der Waals surface area contributed by atoms with Crippen molar-refractivity contribution in [2.45, 2.75) is 38.4 Å². The number of ether oxygens (including phenoxy) is 1. The Morgan fingerprint density at radius 1 is 1.53 bits per heavy atom. The molecule has 0 bridgehead atoms. The van der Waals surface area contributed by atoms with Crippen molar-refractivity contribution in [1.82, 2.24) is 9.78 Å². The van der Waals surface area contributed by atoms with Crippen LogP contribution in [-0.2, 0) is 17.4 Å². The molecule has 0 spiro atoms. The van der Waals surface area contributed by atoms with Crippen molar-refractivity contribution in [2.24, 2.45) is 18.9 Å². The minimum Gasteiger partial charge on any atom is -0.359 e. The lowest BCUT2D eigenvalue weighted by molar-refractivity contribution is 0.250. The van der Waals surface area contributed by atoms with E-state index in [1.165, 1.54) is 12.1 Å². The van der Waals surface area contributed by atoms with Gasteiger partial charge in [0.1, 0.15) is 5.60 Å². The van der Waals surface area contributed by atoms with E-state index in [2.05, 4.69) is 25.0 Å². The average Bonchev–Trinajstić information content (AvgIpc) is 2.73. The third-order valence-corrected chi connectivity index (χ3v) is 3.94. The number of epoxide rings is 1. The Labute approximate surface area is 90.4 Å². The molecule has 15 heavy (non-hydrogen) atoms. The second-order valence-electron chi connectivity index (χ2n) is 5.29. The lowest BCUT2D eigenvalue weighted by atomic mass is 9.75. The van der Waals surface area contributed by atoms with Crippen molar-refractivity contribution in [3.63, 3.8) is 0 Å². The number of hydrogen-bond acceptors (Lipinski definition) is 2. The minimum atomic E-state index is 0.00231. The molecule has 1 saturated heterocycles. The third kappa shape index (κ3) is 1.19. The van der Waals surface area contributed by atoms with Gasteiger partial charge in [0.05, 0.1) is 11.8 Å². The predicted octanol–water partition coefficient (Wildman–Crippen LogP) is 2.08. The molecule has 0 amide bonds. The van der Waals surface area contributed by atoms with Crippen LogP contribution in [0.4, 0.5) is 0 Å². The van der Waals surface area contributed by atoms with Gasteiger partial charge in [-0.1, -0.05) is 13.8 Å². The first-order chi connectivity index (χ1) is 7.13.